The lowest BCUT2D eigenvalue weighted by Crippen LogP contribution is -2.41. The van der Waals surface area contributed by atoms with Gasteiger partial charge in [-0.05, 0) is 54.1 Å². The fourth-order valence-corrected chi connectivity index (χ4v) is 5.89. The fourth-order valence-electron chi connectivity index (χ4n) is 3.06. The summed E-state index contributed by atoms with van der Waals surface area (Å²) in [5.74, 6) is 0.798. The van der Waals surface area contributed by atoms with E-state index in [0.29, 0.717) is 13.0 Å². The molecule has 0 aliphatic heterocycles. The molecule has 0 saturated heterocycles. The molecule has 0 fully saturated rings. The summed E-state index contributed by atoms with van der Waals surface area (Å²) >= 11 is 14.1. The van der Waals surface area contributed by atoms with Crippen molar-refractivity contribution < 1.29 is 17.6 Å². The summed E-state index contributed by atoms with van der Waals surface area (Å²) < 4.78 is 40.6. The maximum atomic E-state index is 13.3. The summed E-state index contributed by atoms with van der Waals surface area (Å²) in [6.07, 6.45) is 0.695. The average Bonchev–Trinajstić information content (AvgIpc) is 2.83. The van der Waals surface area contributed by atoms with Gasteiger partial charge in [0.2, 0.25) is 5.91 Å². The fraction of sp³-hybridized carbons (Fsp3) is 0.208. The maximum absolute atomic E-state index is 13.3. The molecule has 34 heavy (non-hydrogen) atoms. The second-order valence-corrected chi connectivity index (χ2v) is 11.0. The van der Waals surface area contributed by atoms with Crippen LogP contribution in [0, 0.1) is 5.82 Å². The molecule has 3 rings (SSSR count). The first-order valence-electron chi connectivity index (χ1n) is 10.4. The van der Waals surface area contributed by atoms with Crippen LogP contribution in [-0.2, 0) is 20.6 Å². The van der Waals surface area contributed by atoms with Crippen LogP contribution >= 0.6 is 35.0 Å². The molecule has 0 unspecified atom stereocenters. The Morgan fingerprint density at radius 1 is 0.971 bits per heavy atom. The quantitative estimate of drug-likeness (QED) is 0.313. The van der Waals surface area contributed by atoms with E-state index in [2.05, 4.69) is 5.32 Å². The van der Waals surface area contributed by atoms with E-state index in [4.69, 9.17) is 23.2 Å². The molecular weight excluding hydrogens is 518 g/mol. The predicted molar refractivity (Wildman–Crippen MR) is 138 cm³/mol. The molecule has 180 valence electrons. The Hall–Kier alpha value is -2.26. The molecule has 10 heteroatoms. The minimum absolute atomic E-state index is 0.0380. The number of amides is 1. The van der Waals surface area contributed by atoms with Crippen molar-refractivity contribution in [2.24, 2.45) is 0 Å². The highest BCUT2D eigenvalue weighted by Crippen LogP contribution is 2.35. The van der Waals surface area contributed by atoms with E-state index in [9.17, 15) is 17.6 Å². The van der Waals surface area contributed by atoms with Crippen LogP contribution in [0.25, 0.3) is 0 Å². The zero-order valence-corrected chi connectivity index (χ0v) is 21.2. The highest BCUT2D eigenvalue weighted by atomic mass is 35.5. The molecule has 0 spiro atoms. The van der Waals surface area contributed by atoms with Gasteiger partial charge in [0.05, 0.1) is 20.6 Å². The van der Waals surface area contributed by atoms with E-state index < -0.39 is 22.5 Å². The summed E-state index contributed by atoms with van der Waals surface area (Å²) in [6, 6.07) is 18.8. The van der Waals surface area contributed by atoms with E-state index in [1.54, 1.807) is 54.2 Å². The van der Waals surface area contributed by atoms with Crippen molar-refractivity contribution in [3.05, 3.63) is 94.2 Å². The largest absolute Gasteiger partial charge is 0.354 e. The van der Waals surface area contributed by atoms with Crippen LogP contribution in [0.1, 0.15) is 12.0 Å². The van der Waals surface area contributed by atoms with Gasteiger partial charge in [0.15, 0.2) is 0 Å². The van der Waals surface area contributed by atoms with Gasteiger partial charge < -0.3 is 5.32 Å². The highest BCUT2D eigenvalue weighted by Gasteiger charge is 2.29. The van der Waals surface area contributed by atoms with Gasteiger partial charge in [-0.2, -0.15) is 11.8 Å². The van der Waals surface area contributed by atoms with Crippen LogP contribution in [0.5, 0.6) is 0 Å². The Kier molecular flexibility index (Phi) is 9.64. The van der Waals surface area contributed by atoms with Crippen LogP contribution in [0.2, 0.25) is 10.0 Å². The van der Waals surface area contributed by atoms with Crippen LogP contribution < -0.4 is 9.62 Å². The number of rotatable bonds is 11. The summed E-state index contributed by atoms with van der Waals surface area (Å²) in [5.41, 5.74) is 1.15. The number of hydrogen-bond acceptors (Lipinski definition) is 4. The van der Waals surface area contributed by atoms with Crippen LogP contribution in [0.15, 0.2) is 77.7 Å². The van der Waals surface area contributed by atoms with Crippen molar-refractivity contribution in [3.63, 3.8) is 0 Å². The Morgan fingerprint density at radius 3 is 2.38 bits per heavy atom. The standard InChI is InChI=1S/C24H23Cl2FN2O3S2/c25-21-8-4-9-22(24(21)26)29(34(31,32)20-6-2-1-3-7-20)16-23(30)28-14-5-15-33-17-18-10-12-19(27)13-11-18/h1-4,6-13H,5,14-17H2,(H,28,30). The summed E-state index contributed by atoms with van der Waals surface area (Å²) in [4.78, 5) is 12.7. The predicted octanol–water partition coefficient (Wildman–Crippen LogP) is 5.77. The average molecular weight is 541 g/mol. The van der Waals surface area contributed by atoms with Crippen LogP contribution in [-0.4, -0.2) is 33.2 Å². The third-order valence-corrected chi connectivity index (χ3v) is 8.49. The molecule has 0 aromatic heterocycles. The summed E-state index contributed by atoms with van der Waals surface area (Å²) in [7, 11) is -4.06. The van der Waals surface area contributed by atoms with Gasteiger partial charge in [-0.15, -0.1) is 0 Å². The molecule has 3 aromatic carbocycles. The third kappa shape index (κ3) is 7.12. The lowest BCUT2D eigenvalue weighted by Gasteiger charge is -2.25. The first-order valence-corrected chi connectivity index (χ1v) is 13.7. The zero-order valence-electron chi connectivity index (χ0n) is 18.1. The molecular formula is C24H23Cl2FN2O3S2. The molecule has 0 saturated carbocycles. The van der Waals surface area contributed by atoms with Gasteiger partial charge in [0.25, 0.3) is 10.0 Å². The van der Waals surface area contributed by atoms with Gasteiger partial charge in [-0.3, -0.25) is 9.10 Å². The minimum Gasteiger partial charge on any atom is -0.354 e. The molecule has 1 amide bonds. The lowest BCUT2D eigenvalue weighted by molar-refractivity contribution is -0.119. The number of thioether (sulfide) groups is 1. The van der Waals surface area contributed by atoms with E-state index in [-0.39, 0.29) is 26.4 Å². The monoisotopic (exact) mass is 540 g/mol. The Bertz CT molecular complexity index is 1210. The van der Waals surface area contributed by atoms with Crippen molar-refractivity contribution in [1.29, 1.82) is 0 Å². The molecule has 0 atom stereocenters. The molecule has 0 aliphatic rings. The van der Waals surface area contributed by atoms with E-state index >= 15 is 0 Å². The SMILES string of the molecule is O=C(CN(c1cccc(Cl)c1Cl)S(=O)(=O)c1ccccc1)NCCCSCc1ccc(F)cc1. The molecule has 5 nitrogen and oxygen atoms in total. The number of nitrogens with zero attached hydrogens (tertiary/aromatic N) is 1. The number of anilines is 1. The summed E-state index contributed by atoms with van der Waals surface area (Å²) in [6.45, 7) is -0.0578. The van der Waals surface area contributed by atoms with Crippen LogP contribution in [0.4, 0.5) is 10.1 Å². The molecule has 0 heterocycles. The minimum atomic E-state index is -4.06. The molecule has 0 aliphatic carbocycles. The van der Waals surface area contributed by atoms with E-state index in [1.807, 2.05) is 0 Å². The summed E-state index contributed by atoms with van der Waals surface area (Å²) in [5, 5.41) is 3.00. The van der Waals surface area contributed by atoms with Gasteiger partial charge in [0.1, 0.15) is 12.4 Å². The normalized spacial score (nSPS) is 11.3. The van der Waals surface area contributed by atoms with Crippen molar-refractivity contribution in [2.45, 2.75) is 17.1 Å². The highest BCUT2D eigenvalue weighted by molar-refractivity contribution is 7.98. The van der Waals surface area contributed by atoms with Gasteiger partial charge in [0, 0.05) is 12.3 Å². The number of sulfonamides is 1. The first kappa shape index (κ1) is 26.3. The van der Waals surface area contributed by atoms with Gasteiger partial charge in [-0.1, -0.05) is 59.6 Å². The Morgan fingerprint density at radius 2 is 1.68 bits per heavy atom. The van der Waals surface area contributed by atoms with Gasteiger partial charge in [-0.25, -0.2) is 12.8 Å². The second kappa shape index (κ2) is 12.4. The van der Waals surface area contributed by atoms with Crippen LogP contribution in [0.3, 0.4) is 0 Å². The molecule has 3 aromatic rings. The second-order valence-electron chi connectivity index (χ2n) is 7.28. The van der Waals surface area contributed by atoms with Crippen molar-refractivity contribution in [2.75, 3.05) is 23.1 Å². The molecule has 0 bridgehead atoms. The topological polar surface area (TPSA) is 66.5 Å². The van der Waals surface area contributed by atoms with Crippen molar-refractivity contribution in [3.8, 4) is 0 Å². The van der Waals surface area contributed by atoms with E-state index in [0.717, 1.165) is 21.4 Å². The Balaban J connectivity index is 1.60. The lowest BCUT2D eigenvalue weighted by atomic mass is 10.2. The Labute approximate surface area is 213 Å². The number of carbonyl (C=O) groups is 1. The zero-order chi connectivity index (χ0) is 24.6. The number of halogens is 3. The molecule has 1 N–H and O–H groups in total. The first-order chi connectivity index (χ1) is 16.3. The van der Waals surface area contributed by atoms with E-state index in [1.165, 1.54) is 30.3 Å². The smallest absolute Gasteiger partial charge is 0.264 e. The number of benzene rings is 3. The van der Waals surface area contributed by atoms with Gasteiger partial charge >= 0.3 is 0 Å². The van der Waals surface area contributed by atoms with Crippen molar-refractivity contribution in [1.82, 2.24) is 5.32 Å². The number of carbonyl (C=O) groups excluding carboxylic acids is 1. The van der Waals surface area contributed by atoms with Crippen molar-refractivity contribution >= 4 is 56.6 Å². The maximum Gasteiger partial charge on any atom is 0.264 e. The third-order valence-electron chi connectivity index (χ3n) is 4.79. The number of hydrogen-bond donors (Lipinski definition) is 1. The molecule has 0 radical (unpaired) electrons. The number of nitrogens with one attached hydrogen (secondary N) is 1.